The number of aliphatic hydroxyl groups is 1. The number of aliphatic hydroxyl groups excluding tert-OH is 1. The summed E-state index contributed by atoms with van der Waals surface area (Å²) in [7, 11) is 3.84. The Labute approximate surface area is 112 Å². The van der Waals surface area contributed by atoms with Gasteiger partial charge in [0.05, 0.1) is 11.7 Å². The minimum atomic E-state index is -0.456. The highest BCUT2D eigenvalue weighted by molar-refractivity contribution is 4.89. The number of hydrogen-bond donors (Lipinski definition) is 1. The van der Waals surface area contributed by atoms with Crippen LogP contribution in [0.5, 0.6) is 0 Å². The molecule has 0 bridgehead atoms. The largest absolute Gasteiger partial charge is 0.390 e. The highest BCUT2D eigenvalue weighted by Crippen LogP contribution is 2.21. The van der Waals surface area contributed by atoms with Crippen LogP contribution in [0.3, 0.4) is 0 Å². The van der Waals surface area contributed by atoms with Crippen LogP contribution in [-0.4, -0.2) is 72.5 Å². The molecular weight excluding hydrogens is 228 g/mol. The average molecular weight is 258 g/mol. The van der Waals surface area contributed by atoms with E-state index in [1.165, 1.54) is 0 Å². The van der Waals surface area contributed by atoms with Crippen molar-refractivity contribution in [1.82, 2.24) is 9.80 Å². The van der Waals surface area contributed by atoms with Crippen molar-refractivity contribution >= 4 is 0 Å². The molecule has 1 unspecified atom stereocenters. The molecule has 1 rings (SSSR count). The number of nitrogens with zero attached hydrogens (tertiary/aromatic N) is 2. The van der Waals surface area contributed by atoms with E-state index in [1.807, 2.05) is 13.8 Å². The molecule has 1 N–H and O–H groups in total. The molecule has 4 nitrogen and oxygen atoms in total. The fraction of sp³-hybridized carbons (Fsp3) is 1.00. The summed E-state index contributed by atoms with van der Waals surface area (Å²) < 4.78 is 5.32. The Hall–Kier alpha value is -0.160. The molecule has 1 atom stereocenters. The van der Waals surface area contributed by atoms with E-state index >= 15 is 0 Å². The third-order valence-electron chi connectivity index (χ3n) is 4.44. The van der Waals surface area contributed by atoms with Crippen LogP contribution in [0, 0.1) is 0 Å². The maximum absolute atomic E-state index is 10.1. The molecule has 1 heterocycles. The van der Waals surface area contributed by atoms with Gasteiger partial charge in [0.1, 0.15) is 0 Å². The summed E-state index contributed by atoms with van der Waals surface area (Å²) in [4.78, 5) is 4.84. The summed E-state index contributed by atoms with van der Waals surface area (Å²) in [6.07, 6.45) is 0.353. The minimum absolute atomic E-state index is 0.222. The predicted octanol–water partition coefficient (Wildman–Crippen LogP) is 1.19. The van der Waals surface area contributed by atoms with Crippen molar-refractivity contribution < 1.29 is 9.84 Å². The fourth-order valence-electron chi connectivity index (χ4n) is 2.32. The number of likely N-dealkylation sites (N-methyl/N-ethyl adjacent to an activating group) is 1. The summed E-state index contributed by atoms with van der Waals surface area (Å²) in [5, 5.41) is 10.1. The molecule has 0 saturated carbocycles. The lowest BCUT2D eigenvalue weighted by molar-refractivity contribution is -0.0845. The van der Waals surface area contributed by atoms with Crippen LogP contribution in [0.4, 0.5) is 0 Å². The van der Waals surface area contributed by atoms with Crippen molar-refractivity contribution in [1.29, 1.82) is 0 Å². The van der Waals surface area contributed by atoms with E-state index in [0.29, 0.717) is 0 Å². The van der Waals surface area contributed by atoms with E-state index in [-0.39, 0.29) is 5.54 Å². The van der Waals surface area contributed by atoms with Gasteiger partial charge < -0.3 is 14.7 Å². The first-order valence-corrected chi connectivity index (χ1v) is 6.86. The van der Waals surface area contributed by atoms with Crippen molar-refractivity contribution in [3.05, 3.63) is 0 Å². The molecule has 0 spiro atoms. The molecule has 18 heavy (non-hydrogen) atoms. The monoisotopic (exact) mass is 258 g/mol. The molecule has 0 radical (unpaired) electrons. The lowest BCUT2D eigenvalue weighted by atomic mass is 9.96. The molecule has 1 fully saturated rings. The Morgan fingerprint density at radius 1 is 1.33 bits per heavy atom. The summed E-state index contributed by atoms with van der Waals surface area (Å²) in [5.41, 5.74) is -0.234. The fourth-order valence-corrected chi connectivity index (χ4v) is 2.32. The van der Waals surface area contributed by atoms with Crippen LogP contribution in [-0.2, 0) is 4.74 Å². The molecule has 108 valence electrons. The molecule has 4 heteroatoms. The SMILES string of the molecule is COC(C)(C)C(O)CCN1CCN(C)C(C)(C)C1. The van der Waals surface area contributed by atoms with Gasteiger partial charge in [-0.05, 0) is 41.2 Å². The molecule has 0 amide bonds. The third-order valence-corrected chi connectivity index (χ3v) is 4.44. The topological polar surface area (TPSA) is 35.9 Å². The molecule has 1 aliphatic heterocycles. The Balaban J connectivity index is 2.41. The maximum Gasteiger partial charge on any atom is 0.0880 e. The van der Waals surface area contributed by atoms with Crippen LogP contribution in [0.25, 0.3) is 0 Å². The molecule has 0 aliphatic carbocycles. The second-order valence-corrected chi connectivity index (χ2v) is 6.62. The average Bonchev–Trinajstić information content (AvgIpc) is 2.30. The number of piperazine rings is 1. The highest BCUT2D eigenvalue weighted by Gasteiger charge is 2.32. The minimum Gasteiger partial charge on any atom is -0.390 e. The zero-order valence-electron chi connectivity index (χ0n) is 12.9. The van der Waals surface area contributed by atoms with Crippen molar-refractivity contribution in [2.75, 3.05) is 40.3 Å². The Morgan fingerprint density at radius 2 is 1.94 bits per heavy atom. The Bertz CT molecular complexity index is 267. The normalized spacial score (nSPS) is 24.2. The summed E-state index contributed by atoms with van der Waals surface area (Å²) >= 11 is 0. The quantitative estimate of drug-likeness (QED) is 0.803. The summed E-state index contributed by atoms with van der Waals surface area (Å²) in [6.45, 7) is 12.6. The van der Waals surface area contributed by atoms with Gasteiger partial charge >= 0.3 is 0 Å². The van der Waals surface area contributed by atoms with Crippen LogP contribution >= 0.6 is 0 Å². The van der Waals surface area contributed by atoms with E-state index in [4.69, 9.17) is 4.74 Å². The maximum atomic E-state index is 10.1. The van der Waals surface area contributed by atoms with Crippen molar-refractivity contribution in [2.24, 2.45) is 0 Å². The van der Waals surface area contributed by atoms with Gasteiger partial charge in [-0.3, -0.25) is 4.90 Å². The van der Waals surface area contributed by atoms with Gasteiger partial charge in [-0.15, -0.1) is 0 Å². The van der Waals surface area contributed by atoms with Crippen molar-refractivity contribution in [3.63, 3.8) is 0 Å². The third kappa shape index (κ3) is 3.92. The van der Waals surface area contributed by atoms with Gasteiger partial charge in [0, 0.05) is 38.8 Å². The second-order valence-electron chi connectivity index (χ2n) is 6.62. The lowest BCUT2D eigenvalue weighted by Gasteiger charge is -2.45. The molecular formula is C14H30N2O2. The van der Waals surface area contributed by atoms with E-state index < -0.39 is 11.7 Å². The second kappa shape index (κ2) is 5.87. The van der Waals surface area contributed by atoms with E-state index in [9.17, 15) is 5.11 Å². The van der Waals surface area contributed by atoms with Gasteiger partial charge in [-0.1, -0.05) is 0 Å². The molecule has 0 aromatic heterocycles. The molecule has 1 aliphatic rings. The zero-order valence-corrected chi connectivity index (χ0v) is 12.9. The summed E-state index contributed by atoms with van der Waals surface area (Å²) in [5.74, 6) is 0. The van der Waals surface area contributed by atoms with Crippen molar-refractivity contribution in [3.8, 4) is 0 Å². The van der Waals surface area contributed by atoms with Gasteiger partial charge in [-0.2, -0.15) is 0 Å². The number of hydrogen-bond acceptors (Lipinski definition) is 4. The predicted molar refractivity (Wildman–Crippen MR) is 74.9 cm³/mol. The van der Waals surface area contributed by atoms with Gasteiger partial charge in [0.2, 0.25) is 0 Å². The Morgan fingerprint density at radius 3 is 2.44 bits per heavy atom. The van der Waals surface area contributed by atoms with E-state index in [1.54, 1.807) is 7.11 Å². The number of rotatable bonds is 5. The number of ether oxygens (including phenoxy) is 1. The van der Waals surface area contributed by atoms with Crippen molar-refractivity contribution in [2.45, 2.75) is 51.4 Å². The van der Waals surface area contributed by atoms with Crippen LogP contribution < -0.4 is 0 Å². The highest BCUT2D eigenvalue weighted by atomic mass is 16.5. The first-order valence-electron chi connectivity index (χ1n) is 6.86. The van der Waals surface area contributed by atoms with Crippen LogP contribution in [0.2, 0.25) is 0 Å². The first kappa shape index (κ1) is 15.9. The summed E-state index contributed by atoms with van der Waals surface area (Å²) in [6, 6.07) is 0. The van der Waals surface area contributed by atoms with Gasteiger partial charge in [0.15, 0.2) is 0 Å². The molecule has 0 aromatic carbocycles. The van der Waals surface area contributed by atoms with Crippen LogP contribution in [0.15, 0.2) is 0 Å². The zero-order chi connectivity index (χ0) is 14.0. The van der Waals surface area contributed by atoms with Gasteiger partial charge in [0.25, 0.3) is 0 Å². The Kier molecular flexibility index (Phi) is 5.18. The van der Waals surface area contributed by atoms with E-state index in [0.717, 1.165) is 32.6 Å². The molecule has 1 saturated heterocycles. The van der Waals surface area contributed by atoms with E-state index in [2.05, 4.69) is 30.7 Å². The smallest absolute Gasteiger partial charge is 0.0880 e. The van der Waals surface area contributed by atoms with Gasteiger partial charge in [-0.25, -0.2) is 0 Å². The lowest BCUT2D eigenvalue weighted by Crippen LogP contribution is -2.58. The first-order chi connectivity index (χ1) is 8.19. The molecule has 0 aromatic rings. The number of methoxy groups -OCH3 is 1. The standard InChI is InChI=1S/C14H30N2O2/c1-13(2)11-16(10-9-15(13)5)8-7-12(17)14(3,4)18-6/h12,17H,7-11H2,1-6H3. The van der Waals surface area contributed by atoms with Crippen LogP contribution in [0.1, 0.15) is 34.1 Å².